The van der Waals surface area contributed by atoms with E-state index in [0.29, 0.717) is 6.54 Å². The number of aliphatic hydroxyl groups excluding tert-OH is 1. The number of sulfonamides is 1. The third kappa shape index (κ3) is 3.48. The maximum Gasteiger partial charge on any atom is 0.263 e. The van der Waals surface area contributed by atoms with Crippen molar-refractivity contribution in [1.29, 1.82) is 0 Å². The first kappa shape index (κ1) is 14.5. The Balaban J connectivity index is 2.99. The molecule has 1 aromatic rings. The van der Waals surface area contributed by atoms with E-state index in [9.17, 15) is 8.42 Å². The third-order valence-electron chi connectivity index (χ3n) is 2.39. The van der Waals surface area contributed by atoms with Crippen LogP contribution in [0.2, 0.25) is 0 Å². The van der Waals surface area contributed by atoms with E-state index in [0.717, 1.165) is 5.56 Å². The Morgan fingerprint density at radius 3 is 2.44 bits per heavy atom. The largest absolute Gasteiger partial charge is 0.377 e. The van der Waals surface area contributed by atoms with Gasteiger partial charge < -0.3 is 10.4 Å². The van der Waals surface area contributed by atoms with Crippen molar-refractivity contribution >= 4 is 10.0 Å². The van der Waals surface area contributed by atoms with Crippen LogP contribution in [0.15, 0.2) is 41.6 Å². The molecule has 5 nitrogen and oxygen atoms in total. The van der Waals surface area contributed by atoms with E-state index in [1.54, 1.807) is 31.2 Å². The zero-order chi connectivity index (χ0) is 13.6. The summed E-state index contributed by atoms with van der Waals surface area (Å²) in [4.78, 5) is 0.253. The lowest BCUT2D eigenvalue weighted by atomic mass is 10.2. The van der Waals surface area contributed by atoms with Crippen LogP contribution in [0.3, 0.4) is 0 Å². The van der Waals surface area contributed by atoms with Crippen molar-refractivity contribution in [2.75, 3.05) is 13.3 Å². The fourth-order valence-electron chi connectivity index (χ4n) is 1.39. The molecule has 1 rings (SSSR count). The van der Waals surface area contributed by atoms with Crippen molar-refractivity contribution in [3.05, 3.63) is 42.2 Å². The van der Waals surface area contributed by atoms with E-state index in [4.69, 9.17) is 5.11 Å². The van der Waals surface area contributed by atoms with Crippen LogP contribution in [0.25, 0.3) is 0 Å². The second-order valence-electron chi connectivity index (χ2n) is 3.70. The summed E-state index contributed by atoms with van der Waals surface area (Å²) in [6, 6.07) is 6.69. The molecule has 0 aliphatic rings. The number of benzene rings is 1. The summed E-state index contributed by atoms with van der Waals surface area (Å²) in [6.07, 6.45) is 2.79. The Hall–Kier alpha value is -1.53. The molecule has 6 heteroatoms. The van der Waals surface area contributed by atoms with E-state index >= 15 is 0 Å². The van der Waals surface area contributed by atoms with Gasteiger partial charge in [0.25, 0.3) is 10.0 Å². The number of hydrogen-bond donors (Lipinski definition) is 2. The number of rotatable bonds is 6. The number of nitrogens with zero attached hydrogens (tertiary/aromatic N) is 1. The van der Waals surface area contributed by atoms with Gasteiger partial charge in [0.05, 0.1) is 4.90 Å². The zero-order valence-electron chi connectivity index (χ0n) is 10.5. The molecule has 0 unspecified atom stereocenters. The number of aryl methyl sites for hydroxylation is 1. The highest BCUT2D eigenvalue weighted by molar-refractivity contribution is 7.89. The summed E-state index contributed by atoms with van der Waals surface area (Å²) in [5, 5.41) is 11.1. The monoisotopic (exact) mass is 270 g/mol. The van der Waals surface area contributed by atoms with Crippen LogP contribution in [0, 0.1) is 6.92 Å². The average Bonchev–Trinajstić information content (AvgIpc) is 2.35. The van der Waals surface area contributed by atoms with Crippen molar-refractivity contribution in [1.82, 2.24) is 9.62 Å². The highest BCUT2D eigenvalue weighted by Crippen LogP contribution is 2.16. The molecule has 0 aliphatic carbocycles. The van der Waals surface area contributed by atoms with Gasteiger partial charge in [-0.3, -0.25) is 4.31 Å². The van der Waals surface area contributed by atoms with E-state index < -0.39 is 10.0 Å². The summed E-state index contributed by atoms with van der Waals surface area (Å²) in [5.74, 6) is 0. The zero-order valence-corrected chi connectivity index (χ0v) is 11.3. The molecular weight excluding hydrogens is 252 g/mol. The summed E-state index contributed by atoms with van der Waals surface area (Å²) in [5.41, 5.74) is 1.01. The molecule has 18 heavy (non-hydrogen) atoms. The van der Waals surface area contributed by atoms with Crippen LogP contribution in [-0.2, 0) is 10.0 Å². The standard InChI is InChI=1S/C12H18N2O3S/c1-3-14(9-8-13-10-15)18(16,17)12-6-4-11(2)5-7-12/h4-9,13,15H,3,10H2,1-2H3/b9-8+. The number of hydrogen-bond acceptors (Lipinski definition) is 4. The smallest absolute Gasteiger partial charge is 0.263 e. The van der Waals surface area contributed by atoms with E-state index in [2.05, 4.69) is 5.32 Å². The van der Waals surface area contributed by atoms with Gasteiger partial charge in [-0.1, -0.05) is 17.7 Å². The lowest BCUT2D eigenvalue weighted by Gasteiger charge is -2.18. The maximum atomic E-state index is 12.3. The van der Waals surface area contributed by atoms with Crippen molar-refractivity contribution in [2.45, 2.75) is 18.7 Å². The second kappa shape index (κ2) is 6.42. The number of nitrogens with one attached hydrogen (secondary N) is 1. The maximum absolute atomic E-state index is 12.3. The average molecular weight is 270 g/mol. The predicted octanol–water partition coefficient (Wildman–Crippen LogP) is 1.02. The minimum absolute atomic E-state index is 0.237. The Bertz CT molecular complexity index is 495. The van der Waals surface area contributed by atoms with Crippen LogP contribution in [-0.4, -0.2) is 31.1 Å². The van der Waals surface area contributed by atoms with Crippen LogP contribution in [0.4, 0.5) is 0 Å². The molecule has 0 radical (unpaired) electrons. The second-order valence-corrected chi connectivity index (χ2v) is 5.59. The molecular formula is C12H18N2O3S. The first-order valence-corrected chi connectivity index (χ1v) is 7.05. The topological polar surface area (TPSA) is 69.6 Å². The van der Waals surface area contributed by atoms with Gasteiger partial charge in [-0.15, -0.1) is 0 Å². The predicted molar refractivity (Wildman–Crippen MR) is 70.1 cm³/mol. The Kier molecular flexibility index (Phi) is 5.18. The van der Waals surface area contributed by atoms with Gasteiger partial charge in [-0.25, -0.2) is 8.42 Å². The quantitative estimate of drug-likeness (QED) is 0.757. The van der Waals surface area contributed by atoms with Gasteiger partial charge in [0.15, 0.2) is 0 Å². The highest BCUT2D eigenvalue weighted by atomic mass is 32.2. The first-order valence-electron chi connectivity index (χ1n) is 5.61. The van der Waals surface area contributed by atoms with Crippen molar-refractivity contribution in [3.8, 4) is 0 Å². The summed E-state index contributed by atoms with van der Waals surface area (Å²) >= 11 is 0. The molecule has 1 aromatic carbocycles. The molecule has 0 aliphatic heterocycles. The molecule has 0 atom stereocenters. The number of aliphatic hydroxyl groups is 1. The van der Waals surface area contributed by atoms with Crippen molar-refractivity contribution < 1.29 is 13.5 Å². The van der Waals surface area contributed by atoms with Gasteiger partial charge in [-0.2, -0.15) is 0 Å². The van der Waals surface area contributed by atoms with Crippen LogP contribution in [0.5, 0.6) is 0 Å². The Morgan fingerprint density at radius 1 is 1.33 bits per heavy atom. The van der Waals surface area contributed by atoms with Gasteiger partial charge in [0.1, 0.15) is 6.73 Å². The molecule has 100 valence electrons. The van der Waals surface area contributed by atoms with E-state index in [-0.39, 0.29) is 11.6 Å². The minimum atomic E-state index is -3.52. The Labute approximate surface area is 108 Å². The van der Waals surface area contributed by atoms with Crippen LogP contribution in [0.1, 0.15) is 12.5 Å². The first-order chi connectivity index (χ1) is 8.52. The van der Waals surface area contributed by atoms with Crippen LogP contribution < -0.4 is 5.32 Å². The molecule has 0 aromatic heterocycles. The van der Waals surface area contributed by atoms with Crippen molar-refractivity contribution in [2.24, 2.45) is 0 Å². The van der Waals surface area contributed by atoms with Gasteiger partial charge >= 0.3 is 0 Å². The minimum Gasteiger partial charge on any atom is -0.377 e. The molecule has 0 fully saturated rings. The molecule has 0 heterocycles. The van der Waals surface area contributed by atoms with Gasteiger partial charge in [-0.05, 0) is 26.0 Å². The molecule has 2 N–H and O–H groups in total. The van der Waals surface area contributed by atoms with Gasteiger partial charge in [0.2, 0.25) is 0 Å². The normalized spacial score (nSPS) is 11.7. The lowest BCUT2D eigenvalue weighted by Crippen LogP contribution is -2.26. The summed E-state index contributed by atoms with van der Waals surface area (Å²) < 4.78 is 25.7. The van der Waals surface area contributed by atoms with Crippen molar-refractivity contribution in [3.63, 3.8) is 0 Å². The SMILES string of the molecule is CCN(/C=C/NCO)S(=O)(=O)c1ccc(C)cc1. The van der Waals surface area contributed by atoms with E-state index in [1.165, 1.54) is 16.7 Å². The lowest BCUT2D eigenvalue weighted by molar-refractivity contribution is 0.279. The highest BCUT2D eigenvalue weighted by Gasteiger charge is 2.19. The van der Waals surface area contributed by atoms with Gasteiger partial charge in [0, 0.05) is 18.9 Å². The molecule has 0 bridgehead atoms. The van der Waals surface area contributed by atoms with E-state index in [1.807, 2.05) is 6.92 Å². The molecule has 0 amide bonds. The van der Waals surface area contributed by atoms with Crippen LogP contribution >= 0.6 is 0 Å². The fraction of sp³-hybridized carbons (Fsp3) is 0.333. The summed E-state index contributed by atoms with van der Waals surface area (Å²) in [7, 11) is -3.52. The molecule has 0 saturated carbocycles. The molecule has 0 spiro atoms. The third-order valence-corrected chi connectivity index (χ3v) is 4.25. The Morgan fingerprint density at radius 2 is 1.94 bits per heavy atom. The fourth-order valence-corrected chi connectivity index (χ4v) is 2.70. The summed E-state index contributed by atoms with van der Waals surface area (Å²) in [6.45, 7) is 3.73. The molecule has 0 saturated heterocycles.